The molecule has 0 heterocycles. The minimum Gasteiger partial charge on any atom is -0.480 e. The van der Waals surface area contributed by atoms with Crippen LogP contribution in [0.5, 0.6) is 0 Å². The zero-order chi connectivity index (χ0) is 27.0. The molecule has 1 rings (SSSR count). The van der Waals surface area contributed by atoms with E-state index in [1.54, 1.807) is 0 Å². The number of urea groups is 1. The molecule has 7 N–H and O–H groups in total. The number of alkyl halides is 3. The number of aliphatic carboxylic acids is 2. The van der Waals surface area contributed by atoms with Crippen LogP contribution in [0.1, 0.15) is 71.6 Å². The molecule has 0 aromatic carbocycles. The number of unbranched alkanes of at least 4 members (excludes halogenated alkanes) is 1. The summed E-state index contributed by atoms with van der Waals surface area (Å²) in [4.78, 5) is 45.3. The lowest BCUT2D eigenvalue weighted by atomic mass is 9.84. The Balaban J connectivity index is 0.00000143. The molecule has 35 heavy (non-hydrogen) atoms. The second-order valence-corrected chi connectivity index (χ2v) is 9.03. The highest BCUT2D eigenvalue weighted by molar-refractivity contribution is 5.88. The molecule has 13 heteroatoms. The second kappa shape index (κ2) is 17.0. The third kappa shape index (κ3) is 15.9. The Morgan fingerprint density at radius 3 is 1.97 bits per heavy atom. The summed E-state index contributed by atoms with van der Waals surface area (Å²) in [6.07, 6.45) is 2.79. The van der Waals surface area contributed by atoms with Crippen molar-refractivity contribution in [2.24, 2.45) is 17.6 Å². The van der Waals surface area contributed by atoms with Crippen LogP contribution in [0.25, 0.3) is 0 Å². The number of nitrogens with two attached hydrogens (primary N) is 1. The average Bonchev–Trinajstić information content (AvgIpc) is 2.76. The van der Waals surface area contributed by atoms with Crippen molar-refractivity contribution >= 4 is 23.9 Å². The summed E-state index contributed by atoms with van der Waals surface area (Å²) in [6, 6.07) is -2.25. The lowest BCUT2D eigenvalue weighted by molar-refractivity contribution is -0.192. The Morgan fingerprint density at radius 2 is 1.51 bits per heavy atom. The van der Waals surface area contributed by atoms with Crippen LogP contribution in [0.15, 0.2) is 0 Å². The molecule has 0 saturated heterocycles. The van der Waals surface area contributed by atoms with Crippen LogP contribution in [-0.2, 0) is 14.4 Å². The van der Waals surface area contributed by atoms with Crippen molar-refractivity contribution in [2.75, 3.05) is 13.1 Å². The van der Waals surface area contributed by atoms with Gasteiger partial charge in [-0.05, 0) is 44.1 Å². The molecule has 0 spiro atoms. The van der Waals surface area contributed by atoms with Gasteiger partial charge in [-0.2, -0.15) is 13.2 Å². The Hall–Kier alpha value is -2.57. The number of halogens is 3. The Kier molecular flexibility index (Phi) is 15.7. The van der Waals surface area contributed by atoms with Gasteiger partial charge in [0, 0.05) is 6.54 Å². The van der Waals surface area contributed by atoms with E-state index in [1.165, 1.54) is 6.42 Å². The highest BCUT2D eigenvalue weighted by atomic mass is 19.4. The molecule has 1 saturated carbocycles. The van der Waals surface area contributed by atoms with Gasteiger partial charge in [-0.25, -0.2) is 14.4 Å². The molecule has 2 atom stereocenters. The number of hydrogen-bond acceptors (Lipinski definition) is 5. The molecule has 1 aliphatic carbocycles. The average molecular weight is 513 g/mol. The molecule has 0 aromatic rings. The van der Waals surface area contributed by atoms with Crippen LogP contribution in [-0.4, -0.2) is 65.4 Å². The zero-order valence-electron chi connectivity index (χ0n) is 20.3. The van der Waals surface area contributed by atoms with Crippen LogP contribution in [0, 0.1) is 11.8 Å². The van der Waals surface area contributed by atoms with Gasteiger partial charge >= 0.3 is 24.1 Å². The lowest BCUT2D eigenvalue weighted by Crippen LogP contribution is -2.54. The van der Waals surface area contributed by atoms with E-state index in [-0.39, 0.29) is 5.91 Å². The van der Waals surface area contributed by atoms with Gasteiger partial charge in [0.1, 0.15) is 12.1 Å². The van der Waals surface area contributed by atoms with Crippen molar-refractivity contribution in [1.82, 2.24) is 16.0 Å². The smallest absolute Gasteiger partial charge is 0.480 e. The van der Waals surface area contributed by atoms with Gasteiger partial charge in [0.05, 0.1) is 0 Å². The first-order valence-electron chi connectivity index (χ1n) is 11.9. The van der Waals surface area contributed by atoms with Crippen LogP contribution in [0.4, 0.5) is 18.0 Å². The summed E-state index contributed by atoms with van der Waals surface area (Å²) in [5.41, 5.74) is 5.44. The first-order valence-corrected chi connectivity index (χ1v) is 11.9. The predicted molar refractivity (Wildman–Crippen MR) is 123 cm³/mol. The van der Waals surface area contributed by atoms with Gasteiger partial charge in [-0.3, -0.25) is 4.79 Å². The molecule has 0 radical (unpaired) electrons. The summed E-state index contributed by atoms with van der Waals surface area (Å²) < 4.78 is 31.7. The minimum absolute atomic E-state index is 0.204. The molecule has 204 valence electrons. The van der Waals surface area contributed by atoms with E-state index < -0.39 is 36.2 Å². The van der Waals surface area contributed by atoms with Gasteiger partial charge in [0.25, 0.3) is 0 Å². The van der Waals surface area contributed by atoms with Crippen LogP contribution in [0.3, 0.4) is 0 Å². The number of nitrogens with one attached hydrogen (secondary N) is 3. The summed E-state index contributed by atoms with van der Waals surface area (Å²) in [7, 11) is 0. The third-order valence-corrected chi connectivity index (χ3v) is 5.39. The quantitative estimate of drug-likeness (QED) is 0.218. The van der Waals surface area contributed by atoms with E-state index in [0.29, 0.717) is 50.6 Å². The van der Waals surface area contributed by atoms with Crippen molar-refractivity contribution < 1.29 is 42.6 Å². The molecule has 0 aliphatic heterocycles. The van der Waals surface area contributed by atoms with E-state index >= 15 is 0 Å². The lowest BCUT2D eigenvalue weighted by Gasteiger charge is -2.27. The van der Waals surface area contributed by atoms with E-state index in [9.17, 15) is 32.7 Å². The number of carbonyl (C=O) groups is 4. The number of carboxylic acids is 2. The molecule has 3 amide bonds. The first-order chi connectivity index (χ1) is 16.3. The fourth-order valence-electron chi connectivity index (χ4n) is 3.52. The fourth-order valence-corrected chi connectivity index (χ4v) is 3.52. The van der Waals surface area contributed by atoms with E-state index in [4.69, 9.17) is 15.6 Å². The molecule has 0 bridgehead atoms. The molecule has 0 aromatic heterocycles. The van der Waals surface area contributed by atoms with Gasteiger partial charge in [0.2, 0.25) is 5.91 Å². The van der Waals surface area contributed by atoms with Crippen molar-refractivity contribution in [3.63, 3.8) is 0 Å². The molecular weight excluding hydrogens is 473 g/mol. The zero-order valence-corrected chi connectivity index (χ0v) is 20.3. The van der Waals surface area contributed by atoms with Crippen molar-refractivity contribution in [3.05, 3.63) is 0 Å². The third-order valence-electron chi connectivity index (χ3n) is 5.39. The maximum Gasteiger partial charge on any atom is 0.490 e. The van der Waals surface area contributed by atoms with Gasteiger partial charge in [-0.15, -0.1) is 0 Å². The minimum atomic E-state index is -5.08. The molecule has 1 aliphatic rings. The van der Waals surface area contributed by atoms with Gasteiger partial charge in [0.15, 0.2) is 0 Å². The second-order valence-electron chi connectivity index (χ2n) is 9.03. The summed E-state index contributed by atoms with van der Waals surface area (Å²) in [5.74, 6) is -3.33. The SMILES string of the molecule is CC(C)CNC(=O)[C@@H](CC1CCCCC1)NC(=O)N[C@@H](CCCCN)C(=O)O.O=C(O)C(F)(F)F. The number of rotatable bonds is 12. The van der Waals surface area contributed by atoms with E-state index in [2.05, 4.69) is 16.0 Å². The number of carbonyl (C=O) groups excluding carboxylic acids is 2. The van der Waals surface area contributed by atoms with Gasteiger partial charge in [-0.1, -0.05) is 46.0 Å². The summed E-state index contributed by atoms with van der Waals surface area (Å²) in [6.45, 7) is 5.04. The Bertz CT molecular complexity index is 670. The summed E-state index contributed by atoms with van der Waals surface area (Å²) in [5, 5.41) is 24.5. The highest BCUT2D eigenvalue weighted by Crippen LogP contribution is 2.27. The van der Waals surface area contributed by atoms with Crippen molar-refractivity contribution in [1.29, 1.82) is 0 Å². The number of carboxylic acid groups (broad SMARTS) is 2. The van der Waals surface area contributed by atoms with E-state index in [1.807, 2.05) is 13.8 Å². The standard InChI is InChI=1S/C20H38N4O4.C2HF3O2/c1-14(2)13-22-18(25)17(12-15-8-4-3-5-9-15)24-20(28)23-16(19(26)27)10-6-7-11-21;3-2(4,5)1(6)7/h14-17H,3-13,21H2,1-2H3,(H,22,25)(H,26,27)(H2,23,24,28);(H,6,7)/t16-,17+;/m0./s1. The van der Waals surface area contributed by atoms with Crippen LogP contribution < -0.4 is 21.7 Å². The largest absolute Gasteiger partial charge is 0.490 e. The predicted octanol–water partition coefficient (Wildman–Crippen LogP) is 2.61. The first kappa shape index (κ1) is 32.4. The number of amides is 3. The monoisotopic (exact) mass is 512 g/mol. The Labute approximate surface area is 203 Å². The van der Waals surface area contributed by atoms with Crippen molar-refractivity contribution in [3.8, 4) is 0 Å². The molecular formula is C22H39F3N4O6. The maximum absolute atomic E-state index is 12.6. The highest BCUT2D eigenvalue weighted by Gasteiger charge is 2.38. The van der Waals surface area contributed by atoms with Crippen molar-refractivity contribution in [2.45, 2.75) is 89.9 Å². The molecule has 1 fully saturated rings. The Morgan fingerprint density at radius 1 is 0.971 bits per heavy atom. The maximum atomic E-state index is 12.6. The fraction of sp³-hybridized carbons (Fsp3) is 0.818. The normalized spacial score (nSPS) is 15.9. The van der Waals surface area contributed by atoms with Crippen LogP contribution in [0.2, 0.25) is 0 Å². The van der Waals surface area contributed by atoms with Gasteiger partial charge < -0.3 is 31.9 Å². The number of hydrogen-bond donors (Lipinski definition) is 6. The van der Waals surface area contributed by atoms with Crippen LogP contribution >= 0.6 is 0 Å². The van der Waals surface area contributed by atoms with E-state index in [0.717, 1.165) is 25.7 Å². The topological polar surface area (TPSA) is 171 Å². The molecule has 0 unspecified atom stereocenters. The molecule has 10 nitrogen and oxygen atoms in total. The summed E-state index contributed by atoms with van der Waals surface area (Å²) >= 11 is 0.